The van der Waals surface area contributed by atoms with E-state index in [0.717, 1.165) is 19.6 Å². The first kappa shape index (κ1) is 13.2. The minimum absolute atomic E-state index is 0.255. The standard InChI is InChI=1S/C12H21NO3/c1-9(12(14)15-4)5-6-13-7-10(2)16-11(3)8-13/h5,10-11H,6-8H2,1-4H3. The second-order valence-electron chi connectivity index (χ2n) is 4.35. The largest absolute Gasteiger partial charge is 0.466 e. The quantitative estimate of drug-likeness (QED) is 0.536. The molecule has 1 saturated heterocycles. The van der Waals surface area contributed by atoms with Gasteiger partial charge in [-0.1, -0.05) is 6.08 Å². The summed E-state index contributed by atoms with van der Waals surface area (Å²) in [6.07, 6.45) is 2.43. The molecule has 0 aromatic carbocycles. The maximum atomic E-state index is 11.2. The van der Waals surface area contributed by atoms with E-state index in [2.05, 4.69) is 23.5 Å². The molecule has 0 aromatic rings. The molecular formula is C12H21NO3. The molecule has 1 fully saturated rings. The number of esters is 1. The smallest absolute Gasteiger partial charge is 0.333 e. The Hall–Kier alpha value is -0.870. The van der Waals surface area contributed by atoms with Gasteiger partial charge < -0.3 is 9.47 Å². The molecule has 0 bridgehead atoms. The number of methoxy groups -OCH3 is 1. The number of rotatable bonds is 3. The predicted octanol–water partition coefficient (Wildman–Crippen LogP) is 1.21. The number of hydrogen-bond acceptors (Lipinski definition) is 4. The van der Waals surface area contributed by atoms with Crippen molar-refractivity contribution < 1.29 is 14.3 Å². The van der Waals surface area contributed by atoms with Gasteiger partial charge >= 0.3 is 5.97 Å². The monoisotopic (exact) mass is 227 g/mol. The Bertz CT molecular complexity index is 265. The van der Waals surface area contributed by atoms with Gasteiger partial charge in [0.25, 0.3) is 0 Å². The van der Waals surface area contributed by atoms with Gasteiger partial charge in [0, 0.05) is 25.2 Å². The third-order valence-electron chi connectivity index (χ3n) is 2.66. The van der Waals surface area contributed by atoms with Crippen LogP contribution in [-0.4, -0.2) is 49.8 Å². The van der Waals surface area contributed by atoms with Crippen LogP contribution in [0, 0.1) is 0 Å². The first-order valence-electron chi connectivity index (χ1n) is 5.65. The third kappa shape index (κ3) is 3.94. The summed E-state index contributed by atoms with van der Waals surface area (Å²) < 4.78 is 10.3. The molecule has 0 saturated carbocycles. The normalized spacial score (nSPS) is 27.9. The Balaban J connectivity index is 2.45. The second kappa shape index (κ2) is 6.01. The van der Waals surface area contributed by atoms with Gasteiger partial charge in [-0.25, -0.2) is 4.79 Å². The van der Waals surface area contributed by atoms with Gasteiger partial charge in [-0.05, 0) is 20.8 Å². The van der Waals surface area contributed by atoms with Gasteiger partial charge in [0.05, 0.1) is 19.3 Å². The van der Waals surface area contributed by atoms with Crippen LogP contribution >= 0.6 is 0 Å². The van der Waals surface area contributed by atoms with Crippen LogP contribution in [0.4, 0.5) is 0 Å². The topological polar surface area (TPSA) is 38.8 Å². The van der Waals surface area contributed by atoms with E-state index in [1.54, 1.807) is 6.92 Å². The molecule has 4 nitrogen and oxygen atoms in total. The van der Waals surface area contributed by atoms with Crippen LogP contribution < -0.4 is 0 Å². The highest BCUT2D eigenvalue weighted by atomic mass is 16.5. The second-order valence-corrected chi connectivity index (χ2v) is 4.35. The van der Waals surface area contributed by atoms with Crippen LogP contribution in [0.3, 0.4) is 0 Å². The van der Waals surface area contributed by atoms with Crippen LogP contribution in [0.5, 0.6) is 0 Å². The van der Waals surface area contributed by atoms with E-state index < -0.39 is 0 Å². The molecule has 2 unspecified atom stereocenters. The molecule has 1 heterocycles. The summed E-state index contributed by atoms with van der Waals surface area (Å²) in [6.45, 7) is 8.52. The van der Waals surface area contributed by atoms with Crippen LogP contribution in [0.1, 0.15) is 20.8 Å². The van der Waals surface area contributed by atoms with E-state index in [0.29, 0.717) is 5.57 Å². The molecule has 1 aliphatic heterocycles. The van der Waals surface area contributed by atoms with Crippen molar-refractivity contribution >= 4 is 5.97 Å². The Labute approximate surface area is 97.2 Å². The molecule has 0 amide bonds. The highest BCUT2D eigenvalue weighted by molar-refractivity contribution is 5.87. The highest BCUT2D eigenvalue weighted by Crippen LogP contribution is 2.10. The van der Waals surface area contributed by atoms with Crippen molar-refractivity contribution in [2.45, 2.75) is 33.0 Å². The molecule has 16 heavy (non-hydrogen) atoms. The van der Waals surface area contributed by atoms with E-state index in [-0.39, 0.29) is 18.2 Å². The summed E-state index contributed by atoms with van der Waals surface area (Å²) >= 11 is 0. The van der Waals surface area contributed by atoms with Crippen LogP contribution in [0.25, 0.3) is 0 Å². The van der Waals surface area contributed by atoms with E-state index in [1.165, 1.54) is 7.11 Å². The minimum Gasteiger partial charge on any atom is -0.466 e. The summed E-state index contributed by atoms with van der Waals surface area (Å²) in [5, 5.41) is 0. The van der Waals surface area contributed by atoms with Crippen molar-refractivity contribution in [3.63, 3.8) is 0 Å². The number of carbonyl (C=O) groups excluding carboxylic acids is 1. The summed E-state index contributed by atoms with van der Waals surface area (Å²) in [5.74, 6) is -0.255. The number of nitrogens with zero attached hydrogens (tertiary/aromatic N) is 1. The van der Waals surface area contributed by atoms with Crippen LogP contribution in [-0.2, 0) is 14.3 Å². The Morgan fingerprint density at radius 1 is 1.44 bits per heavy atom. The van der Waals surface area contributed by atoms with Gasteiger partial charge in [-0.2, -0.15) is 0 Å². The van der Waals surface area contributed by atoms with Crippen molar-refractivity contribution in [1.82, 2.24) is 4.90 Å². The lowest BCUT2D eigenvalue weighted by molar-refractivity contribution is -0.136. The molecule has 0 spiro atoms. The summed E-state index contributed by atoms with van der Waals surface area (Å²) in [7, 11) is 1.40. The molecule has 0 aromatic heterocycles. The van der Waals surface area contributed by atoms with Gasteiger partial charge in [0.1, 0.15) is 0 Å². The Morgan fingerprint density at radius 2 is 2.00 bits per heavy atom. The first-order chi connectivity index (χ1) is 7.52. The fourth-order valence-electron chi connectivity index (χ4n) is 1.94. The zero-order valence-corrected chi connectivity index (χ0v) is 10.5. The fraction of sp³-hybridized carbons (Fsp3) is 0.750. The third-order valence-corrected chi connectivity index (χ3v) is 2.66. The van der Waals surface area contributed by atoms with Crippen molar-refractivity contribution in [2.75, 3.05) is 26.7 Å². The van der Waals surface area contributed by atoms with E-state index in [4.69, 9.17) is 4.74 Å². The van der Waals surface area contributed by atoms with Crippen molar-refractivity contribution in [3.8, 4) is 0 Å². The number of morpholine rings is 1. The van der Waals surface area contributed by atoms with Crippen molar-refractivity contribution in [2.24, 2.45) is 0 Å². The first-order valence-corrected chi connectivity index (χ1v) is 5.65. The lowest BCUT2D eigenvalue weighted by Gasteiger charge is -2.34. The van der Waals surface area contributed by atoms with Crippen LogP contribution in [0.15, 0.2) is 11.6 Å². The molecule has 0 N–H and O–H groups in total. The van der Waals surface area contributed by atoms with E-state index in [9.17, 15) is 4.79 Å². The number of hydrogen-bond donors (Lipinski definition) is 0. The van der Waals surface area contributed by atoms with E-state index >= 15 is 0 Å². The predicted molar refractivity (Wildman–Crippen MR) is 62.2 cm³/mol. The van der Waals surface area contributed by atoms with Gasteiger partial charge in [0.15, 0.2) is 0 Å². The minimum atomic E-state index is -0.255. The average Bonchev–Trinajstić information content (AvgIpc) is 2.23. The lowest BCUT2D eigenvalue weighted by Crippen LogP contribution is -2.45. The fourth-order valence-corrected chi connectivity index (χ4v) is 1.94. The summed E-state index contributed by atoms with van der Waals surface area (Å²) in [5.41, 5.74) is 0.661. The van der Waals surface area contributed by atoms with E-state index in [1.807, 2.05) is 6.08 Å². The maximum Gasteiger partial charge on any atom is 0.333 e. The molecule has 1 rings (SSSR count). The Morgan fingerprint density at radius 3 is 2.50 bits per heavy atom. The Kier molecular flexibility index (Phi) is 4.96. The lowest BCUT2D eigenvalue weighted by atomic mass is 10.2. The summed E-state index contributed by atoms with van der Waals surface area (Å²) in [4.78, 5) is 13.5. The highest BCUT2D eigenvalue weighted by Gasteiger charge is 2.21. The molecule has 4 heteroatoms. The molecule has 0 aliphatic carbocycles. The number of ether oxygens (including phenoxy) is 2. The zero-order chi connectivity index (χ0) is 12.1. The molecule has 1 aliphatic rings. The molecular weight excluding hydrogens is 206 g/mol. The van der Waals surface area contributed by atoms with Crippen LogP contribution in [0.2, 0.25) is 0 Å². The molecule has 92 valence electrons. The van der Waals surface area contributed by atoms with Gasteiger partial charge in [0.2, 0.25) is 0 Å². The van der Waals surface area contributed by atoms with Crippen molar-refractivity contribution in [3.05, 3.63) is 11.6 Å². The average molecular weight is 227 g/mol. The SMILES string of the molecule is COC(=O)C(C)=CCN1CC(C)OC(C)C1. The summed E-state index contributed by atoms with van der Waals surface area (Å²) in [6, 6.07) is 0. The zero-order valence-electron chi connectivity index (χ0n) is 10.5. The molecule has 2 atom stereocenters. The van der Waals surface area contributed by atoms with Gasteiger partial charge in [-0.3, -0.25) is 4.90 Å². The van der Waals surface area contributed by atoms with Gasteiger partial charge in [-0.15, -0.1) is 0 Å². The maximum absolute atomic E-state index is 11.2. The molecule has 0 radical (unpaired) electrons. The van der Waals surface area contributed by atoms with Crippen molar-refractivity contribution in [1.29, 1.82) is 0 Å². The number of carbonyl (C=O) groups is 1.